The van der Waals surface area contributed by atoms with E-state index < -0.39 is 21.7 Å². The fraction of sp³-hybridized carbons (Fsp3) is 0.296. The minimum atomic E-state index is -4.17. The number of nitrogen functional groups attached to an aromatic ring is 1. The van der Waals surface area contributed by atoms with E-state index in [1.165, 1.54) is 0 Å². The minimum absolute atomic E-state index is 0. The first kappa shape index (κ1) is 32.7. The molecule has 0 aromatic heterocycles. The smallest absolute Gasteiger partial charge is 0.320 e. The topological polar surface area (TPSA) is 155 Å². The maximum atomic E-state index is 13.1. The predicted molar refractivity (Wildman–Crippen MR) is 165 cm³/mol. The molecule has 0 aliphatic carbocycles. The van der Waals surface area contributed by atoms with E-state index in [1.807, 2.05) is 41.3 Å². The average molecular weight is 610 g/mol. The van der Waals surface area contributed by atoms with Crippen LogP contribution >= 0.6 is 24.8 Å². The van der Waals surface area contributed by atoms with Crippen molar-refractivity contribution in [2.45, 2.75) is 19.9 Å². The van der Waals surface area contributed by atoms with Gasteiger partial charge >= 0.3 is 5.97 Å². The Hall–Kier alpha value is -3.54. The van der Waals surface area contributed by atoms with E-state index in [2.05, 4.69) is 4.90 Å². The highest BCUT2D eigenvalue weighted by molar-refractivity contribution is 7.93. The number of amidine groups is 2. The van der Waals surface area contributed by atoms with Gasteiger partial charge in [0.05, 0.1) is 18.1 Å². The summed E-state index contributed by atoms with van der Waals surface area (Å²) in [6, 6.07) is 18.0. The van der Waals surface area contributed by atoms with Crippen LogP contribution in [0.5, 0.6) is 0 Å². The number of sulfonamides is 1. The Kier molecular flexibility index (Phi) is 11.2. The van der Waals surface area contributed by atoms with Crippen LogP contribution in [0.25, 0.3) is 10.8 Å². The third kappa shape index (κ3) is 7.77. The highest BCUT2D eigenvalue weighted by Gasteiger charge is 2.26. The summed E-state index contributed by atoms with van der Waals surface area (Å²) in [5.41, 5.74) is 8.17. The summed E-state index contributed by atoms with van der Waals surface area (Å²) in [7, 11) is -4.17. The highest BCUT2D eigenvalue weighted by Crippen LogP contribution is 2.27. The molecular formula is C27H34Cl2N6O4S. The van der Waals surface area contributed by atoms with Gasteiger partial charge in [-0.1, -0.05) is 24.3 Å². The molecule has 1 fully saturated rings. The Morgan fingerprint density at radius 3 is 2.25 bits per heavy atom. The zero-order chi connectivity index (χ0) is 27.4. The maximum absolute atomic E-state index is 13.1. The molecule has 0 bridgehead atoms. The van der Waals surface area contributed by atoms with Crippen molar-refractivity contribution in [1.29, 1.82) is 10.8 Å². The molecule has 1 saturated heterocycles. The van der Waals surface area contributed by atoms with Gasteiger partial charge in [-0.2, -0.15) is 0 Å². The molecule has 0 spiro atoms. The monoisotopic (exact) mass is 608 g/mol. The summed E-state index contributed by atoms with van der Waals surface area (Å²) in [4.78, 5) is 15.6. The number of carboxylic acid groups (broad SMARTS) is 1. The normalized spacial score (nSPS) is 13.5. The SMILES string of the molecule is CC(=N)N1CCCN(c2ccc(N(Cc3ccc4ccc(C(=N)N)cc4c3)S(=O)(=O)CC(=O)O)cc2)CC1.Cl.Cl. The Bertz CT molecular complexity index is 1480. The van der Waals surface area contributed by atoms with Crippen LogP contribution in [0.1, 0.15) is 24.5 Å². The van der Waals surface area contributed by atoms with Gasteiger partial charge < -0.3 is 20.6 Å². The number of carbonyl (C=O) groups is 1. The maximum Gasteiger partial charge on any atom is 0.320 e. The second-order valence-corrected chi connectivity index (χ2v) is 11.3. The summed E-state index contributed by atoms with van der Waals surface area (Å²) < 4.78 is 27.4. The van der Waals surface area contributed by atoms with Gasteiger partial charge in [0, 0.05) is 37.4 Å². The Morgan fingerprint density at radius 1 is 0.950 bits per heavy atom. The molecule has 40 heavy (non-hydrogen) atoms. The summed E-state index contributed by atoms with van der Waals surface area (Å²) in [5, 5.41) is 26.6. The third-order valence-corrected chi connectivity index (χ3v) is 8.28. The molecule has 10 nitrogen and oxygen atoms in total. The van der Waals surface area contributed by atoms with Crippen molar-refractivity contribution in [3.8, 4) is 0 Å². The number of rotatable bonds is 8. The summed E-state index contributed by atoms with van der Waals surface area (Å²) in [6.07, 6.45) is 0.907. The van der Waals surface area contributed by atoms with Crippen LogP contribution in [0.4, 0.5) is 11.4 Å². The van der Waals surface area contributed by atoms with Crippen molar-refractivity contribution in [2.24, 2.45) is 5.73 Å². The van der Waals surface area contributed by atoms with Crippen molar-refractivity contribution < 1.29 is 18.3 Å². The van der Waals surface area contributed by atoms with E-state index in [-0.39, 0.29) is 37.2 Å². The first-order valence-corrected chi connectivity index (χ1v) is 13.9. The molecule has 3 aromatic rings. The van der Waals surface area contributed by atoms with Crippen LogP contribution in [0.3, 0.4) is 0 Å². The lowest BCUT2D eigenvalue weighted by molar-refractivity contribution is -0.134. The quantitative estimate of drug-likeness (QED) is 0.223. The zero-order valence-electron chi connectivity index (χ0n) is 22.0. The van der Waals surface area contributed by atoms with Crippen molar-refractivity contribution in [3.63, 3.8) is 0 Å². The lowest BCUT2D eigenvalue weighted by atomic mass is 10.0. The number of carboxylic acids is 1. The number of hydrogen-bond donors (Lipinski definition) is 4. The molecule has 0 radical (unpaired) electrons. The molecule has 216 valence electrons. The summed E-state index contributed by atoms with van der Waals surface area (Å²) in [6.45, 7) is 4.87. The van der Waals surface area contributed by atoms with E-state index in [9.17, 15) is 18.3 Å². The van der Waals surface area contributed by atoms with Crippen LogP contribution in [0, 0.1) is 10.8 Å². The van der Waals surface area contributed by atoms with E-state index in [0.717, 1.165) is 53.4 Å². The molecule has 1 aliphatic rings. The lowest BCUT2D eigenvalue weighted by Crippen LogP contribution is -2.35. The highest BCUT2D eigenvalue weighted by atomic mass is 35.5. The number of nitrogens with two attached hydrogens (primary N) is 1. The number of anilines is 2. The molecular weight excluding hydrogens is 575 g/mol. The van der Waals surface area contributed by atoms with E-state index in [0.29, 0.717) is 22.6 Å². The van der Waals surface area contributed by atoms with Crippen molar-refractivity contribution in [2.75, 3.05) is 41.1 Å². The Balaban J connectivity index is 0.00000280. The molecule has 0 amide bonds. The van der Waals surface area contributed by atoms with Gasteiger partial charge in [-0.15, -0.1) is 24.8 Å². The van der Waals surface area contributed by atoms with Gasteiger partial charge in [-0.25, -0.2) is 8.42 Å². The number of hydrogen-bond acceptors (Lipinski definition) is 6. The Morgan fingerprint density at radius 2 is 1.62 bits per heavy atom. The largest absolute Gasteiger partial charge is 0.480 e. The number of fused-ring (bicyclic) bond motifs is 1. The molecule has 1 aliphatic heterocycles. The molecule has 0 unspecified atom stereocenters. The van der Waals surface area contributed by atoms with Gasteiger partial charge in [0.2, 0.25) is 10.0 Å². The number of benzene rings is 3. The molecule has 1 heterocycles. The van der Waals surface area contributed by atoms with Crippen LogP contribution < -0.4 is 14.9 Å². The number of halogens is 2. The standard InChI is InChI=1S/C27H32N6O4S.2ClH/c1-19(28)31-11-2-12-32(14-13-31)24-7-9-25(10-8-24)33(38(36,37)18-26(34)35)17-20-3-4-21-5-6-22(27(29)30)16-23(21)15-20;;/h3-10,15-16,28H,2,11-14,17-18H2,1H3,(H3,29,30)(H,34,35);2*1H. The lowest BCUT2D eigenvalue weighted by Gasteiger charge is -2.27. The van der Waals surface area contributed by atoms with Crippen LogP contribution in [-0.2, 0) is 21.4 Å². The van der Waals surface area contributed by atoms with Crippen LogP contribution in [0.2, 0.25) is 0 Å². The molecule has 5 N–H and O–H groups in total. The van der Waals surface area contributed by atoms with Crippen molar-refractivity contribution in [1.82, 2.24) is 4.90 Å². The van der Waals surface area contributed by atoms with Gasteiger partial charge in [0.25, 0.3) is 0 Å². The number of nitrogens with zero attached hydrogens (tertiary/aromatic N) is 3. The molecule has 0 saturated carbocycles. The molecule has 4 rings (SSSR count). The summed E-state index contributed by atoms with van der Waals surface area (Å²) in [5.74, 6) is -1.96. The first-order chi connectivity index (χ1) is 18.0. The number of aliphatic carboxylic acids is 1. The fourth-order valence-corrected chi connectivity index (χ4v) is 5.91. The van der Waals surface area contributed by atoms with Crippen LogP contribution in [0.15, 0.2) is 60.7 Å². The first-order valence-electron chi connectivity index (χ1n) is 12.3. The molecule has 0 atom stereocenters. The average Bonchev–Trinajstić information content (AvgIpc) is 3.13. The van der Waals surface area contributed by atoms with E-state index in [1.54, 1.807) is 31.2 Å². The number of nitrogens with one attached hydrogen (secondary N) is 2. The predicted octanol–water partition coefficient (Wildman–Crippen LogP) is 3.90. The Labute approximate surface area is 246 Å². The minimum Gasteiger partial charge on any atom is -0.480 e. The van der Waals surface area contributed by atoms with Gasteiger partial charge in [-0.3, -0.25) is 19.9 Å². The molecule has 3 aromatic carbocycles. The second-order valence-electron chi connectivity index (χ2n) is 9.40. The van der Waals surface area contributed by atoms with Gasteiger partial charge in [-0.05, 0) is 66.1 Å². The van der Waals surface area contributed by atoms with Crippen molar-refractivity contribution >= 4 is 74.6 Å². The second kappa shape index (κ2) is 13.7. The van der Waals surface area contributed by atoms with Gasteiger partial charge in [0.15, 0.2) is 5.75 Å². The molecule has 13 heteroatoms. The van der Waals surface area contributed by atoms with Crippen LogP contribution in [-0.4, -0.2) is 68.0 Å². The summed E-state index contributed by atoms with van der Waals surface area (Å²) >= 11 is 0. The zero-order valence-corrected chi connectivity index (χ0v) is 24.5. The van der Waals surface area contributed by atoms with E-state index >= 15 is 0 Å². The fourth-order valence-electron chi connectivity index (χ4n) is 4.65. The van der Waals surface area contributed by atoms with Crippen molar-refractivity contribution in [3.05, 3.63) is 71.8 Å². The third-order valence-electron chi connectivity index (χ3n) is 6.66. The van der Waals surface area contributed by atoms with Gasteiger partial charge in [0.1, 0.15) is 5.84 Å². The van der Waals surface area contributed by atoms with E-state index in [4.69, 9.17) is 16.6 Å².